The summed E-state index contributed by atoms with van der Waals surface area (Å²) in [4.78, 5) is 22.5. The summed E-state index contributed by atoms with van der Waals surface area (Å²) in [5.74, 6) is 1.84. The van der Waals surface area contributed by atoms with E-state index < -0.39 is 10.0 Å². The van der Waals surface area contributed by atoms with Crippen molar-refractivity contribution in [1.29, 1.82) is 0 Å². The molecule has 0 atom stereocenters. The van der Waals surface area contributed by atoms with Crippen LogP contribution in [0.1, 0.15) is 19.4 Å². The number of nitrogens with two attached hydrogens (primary N) is 1. The van der Waals surface area contributed by atoms with Crippen molar-refractivity contribution in [2.24, 2.45) is 0 Å². The molecular weight excluding hydrogens is 432 g/mol. The summed E-state index contributed by atoms with van der Waals surface area (Å²) in [5.41, 5.74) is 8.02. The van der Waals surface area contributed by atoms with Gasteiger partial charge < -0.3 is 20.3 Å². The third kappa shape index (κ3) is 3.55. The van der Waals surface area contributed by atoms with Gasteiger partial charge in [0, 0.05) is 56.2 Å². The number of hydrogen-bond acceptors (Lipinski definition) is 10. The van der Waals surface area contributed by atoms with Crippen LogP contribution in [-0.2, 0) is 21.2 Å². The van der Waals surface area contributed by atoms with E-state index in [9.17, 15) is 8.42 Å². The Hall–Kier alpha value is -2.57. The lowest BCUT2D eigenvalue weighted by Gasteiger charge is -2.52. The second-order valence-corrected chi connectivity index (χ2v) is 10.9. The lowest BCUT2D eigenvalue weighted by Crippen LogP contribution is -2.69. The number of hydrogen-bond donors (Lipinski definition) is 1. The Morgan fingerprint density at radius 1 is 1.12 bits per heavy atom. The van der Waals surface area contributed by atoms with Gasteiger partial charge in [0.1, 0.15) is 5.82 Å². The minimum atomic E-state index is -3.20. The maximum Gasteiger partial charge on any atom is 0.228 e. The van der Waals surface area contributed by atoms with E-state index in [0.29, 0.717) is 32.3 Å². The fraction of sp³-hybridized carbons (Fsp3) is 0.600. The van der Waals surface area contributed by atoms with E-state index in [4.69, 9.17) is 20.4 Å². The zero-order valence-corrected chi connectivity index (χ0v) is 19.2. The highest BCUT2D eigenvalue weighted by molar-refractivity contribution is 7.89. The molecule has 0 amide bonds. The molecule has 2 N–H and O–H groups in total. The second-order valence-electron chi connectivity index (χ2n) is 8.67. The van der Waals surface area contributed by atoms with E-state index in [0.717, 1.165) is 48.7 Å². The first-order chi connectivity index (χ1) is 15.3. The Morgan fingerprint density at radius 3 is 2.47 bits per heavy atom. The fourth-order valence-electron chi connectivity index (χ4n) is 4.64. The van der Waals surface area contributed by atoms with Crippen molar-refractivity contribution >= 4 is 27.7 Å². The third-order valence-corrected chi connectivity index (χ3v) is 8.27. The number of rotatable bonds is 5. The van der Waals surface area contributed by atoms with Crippen LogP contribution < -0.4 is 15.5 Å². The van der Waals surface area contributed by atoms with Crippen molar-refractivity contribution in [2.45, 2.75) is 25.8 Å². The van der Waals surface area contributed by atoms with Crippen LogP contribution in [0, 0.1) is 0 Å². The number of nitrogen functional groups attached to an aromatic ring is 1. The van der Waals surface area contributed by atoms with Gasteiger partial charge in [-0.15, -0.1) is 0 Å². The SMILES string of the molecule is CCS(=O)(=O)N1CC(C)(N2CCc3c(-c4cnc(N)nc4)nc(N4CCOCC4)nc32)C1. The van der Waals surface area contributed by atoms with Crippen LogP contribution in [0.5, 0.6) is 0 Å². The first-order valence-corrected chi connectivity index (χ1v) is 12.5. The standard InChI is InChI=1S/C20H28N8O3S/c1-3-32(29,30)27-12-20(2,13-27)28-5-4-15-16(14-10-22-18(21)23-11-14)24-19(25-17(15)28)26-6-8-31-9-7-26/h10-11H,3-9,12-13H2,1-2H3,(H2,21,22,23). The normalized spacial score (nSPS) is 20.8. The number of nitrogens with zero attached hydrogens (tertiary/aromatic N) is 7. The van der Waals surface area contributed by atoms with Gasteiger partial charge in [-0.1, -0.05) is 0 Å². The summed E-state index contributed by atoms with van der Waals surface area (Å²) in [6, 6.07) is 0. The van der Waals surface area contributed by atoms with Crippen molar-refractivity contribution in [3.63, 3.8) is 0 Å². The monoisotopic (exact) mass is 460 g/mol. The Balaban J connectivity index is 1.54. The van der Waals surface area contributed by atoms with Crippen molar-refractivity contribution in [1.82, 2.24) is 24.2 Å². The molecule has 2 aromatic rings. The predicted molar refractivity (Wildman–Crippen MR) is 121 cm³/mol. The molecule has 3 aliphatic rings. The van der Waals surface area contributed by atoms with Gasteiger partial charge >= 0.3 is 0 Å². The predicted octanol–water partition coefficient (Wildman–Crippen LogP) is 0.139. The lowest BCUT2D eigenvalue weighted by molar-refractivity contribution is 0.122. The van der Waals surface area contributed by atoms with Crippen LogP contribution in [-0.4, -0.2) is 89.9 Å². The lowest BCUT2D eigenvalue weighted by atomic mass is 9.93. The molecule has 2 fully saturated rings. The zero-order chi connectivity index (χ0) is 22.5. The molecule has 0 unspecified atom stereocenters. The average molecular weight is 461 g/mol. The van der Waals surface area contributed by atoms with Crippen LogP contribution >= 0.6 is 0 Å². The van der Waals surface area contributed by atoms with E-state index in [1.54, 1.807) is 23.6 Å². The molecule has 0 saturated carbocycles. The Labute approximate surface area is 187 Å². The van der Waals surface area contributed by atoms with Crippen LogP contribution in [0.3, 0.4) is 0 Å². The quantitative estimate of drug-likeness (QED) is 0.657. The van der Waals surface area contributed by atoms with Gasteiger partial charge in [-0.3, -0.25) is 0 Å². The number of anilines is 3. The van der Waals surface area contributed by atoms with Crippen LogP contribution in [0.25, 0.3) is 11.3 Å². The molecule has 172 valence electrons. The summed E-state index contributed by atoms with van der Waals surface area (Å²) in [5, 5.41) is 0. The molecule has 2 saturated heterocycles. The average Bonchev–Trinajstić information content (AvgIpc) is 3.22. The molecule has 32 heavy (non-hydrogen) atoms. The molecule has 0 spiro atoms. The summed E-state index contributed by atoms with van der Waals surface area (Å²) >= 11 is 0. The minimum absolute atomic E-state index is 0.115. The van der Waals surface area contributed by atoms with Gasteiger partial charge in [-0.25, -0.2) is 23.4 Å². The van der Waals surface area contributed by atoms with Gasteiger partial charge in [0.15, 0.2) is 0 Å². The van der Waals surface area contributed by atoms with Crippen LogP contribution in [0.4, 0.5) is 17.7 Å². The Kier molecular flexibility index (Phi) is 5.18. The maximum atomic E-state index is 12.3. The molecular formula is C20H28N8O3S. The number of fused-ring (bicyclic) bond motifs is 1. The number of aromatic nitrogens is 4. The van der Waals surface area contributed by atoms with Crippen molar-refractivity contribution in [2.75, 3.05) is 67.2 Å². The van der Waals surface area contributed by atoms with Gasteiger partial charge in [0.2, 0.25) is 21.9 Å². The third-order valence-electron chi connectivity index (χ3n) is 6.50. The van der Waals surface area contributed by atoms with Gasteiger partial charge in [0.25, 0.3) is 0 Å². The highest BCUT2D eigenvalue weighted by Crippen LogP contribution is 2.42. The Morgan fingerprint density at radius 2 is 1.81 bits per heavy atom. The summed E-state index contributed by atoms with van der Waals surface area (Å²) in [6.07, 6.45) is 4.16. The van der Waals surface area contributed by atoms with E-state index in [1.807, 2.05) is 0 Å². The van der Waals surface area contributed by atoms with E-state index in [-0.39, 0.29) is 17.2 Å². The smallest absolute Gasteiger partial charge is 0.228 e. The largest absolute Gasteiger partial charge is 0.378 e. The number of morpholine rings is 1. The van der Waals surface area contributed by atoms with Gasteiger partial charge in [0.05, 0.1) is 30.2 Å². The first-order valence-electron chi connectivity index (χ1n) is 10.9. The molecule has 3 aliphatic heterocycles. The van der Waals surface area contributed by atoms with E-state index >= 15 is 0 Å². The van der Waals surface area contributed by atoms with Crippen LogP contribution in [0.15, 0.2) is 12.4 Å². The van der Waals surface area contributed by atoms with Crippen LogP contribution in [0.2, 0.25) is 0 Å². The highest BCUT2D eigenvalue weighted by atomic mass is 32.2. The molecule has 0 bridgehead atoms. The summed E-state index contributed by atoms with van der Waals surface area (Å²) in [6.45, 7) is 8.16. The van der Waals surface area contributed by atoms with E-state index in [1.165, 1.54) is 0 Å². The minimum Gasteiger partial charge on any atom is -0.378 e. The molecule has 0 radical (unpaired) electrons. The van der Waals surface area contributed by atoms with Crippen molar-refractivity contribution in [3.05, 3.63) is 18.0 Å². The molecule has 11 nitrogen and oxygen atoms in total. The molecule has 0 aliphatic carbocycles. The van der Waals surface area contributed by atoms with Crippen molar-refractivity contribution < 1.29 is 13.2 Å². The molecule has 5 heterocycles. The topological polar surface area (TPSA) is 131 Å². The number of ether oxygens (including phenoxy) is 1. The zero-order valence-electron chi connectivity index (χ0n) is 18.4. The van der Waals surface area contributed by atoms with Crippen molar-refractivity contribution in [3.8, 4) is 11.3 Å². The first kappa shape index (κ1) is 21.3. The molecule has 12 heteroatoms. The maximum absolute atomic E-state index is 12.3. The highest BCUT2D eigenvalue weighted by Gasteiger charge is 2.50. The number of sulfonamides is 1. The second kappa shape index (κ2) is 7.78. The summed E-state index contributed by atoms with van der Waals surface area (Å²) in [7, 11) is -3.20. The van der Waals surface area contributed by atoms with E-state index in [2.05, 4.69) is 26.7 Å². The molecule has 5 rings (SSSR count). The Bertz CT molecular complexity index is 1110. The summed E-state index contributed by atoms with van der Waals surface area (Å²) < 4.78 is 31.6. The van der Waals surface area contributed by atoms with Gasteiger partial charge in [-0.2, -0.15) is 9.29 Å². The molecule has 2 aromatic heterocycles. The fourth-order valence-corrected chi connectivity index (χ4v) is 5.95. The molecule has 0 aromatic carbocycles. The van der Waals surface area contributed by atoms with Gasteiger partial charge in [-0.05, 0) is 20.3 Å².